The molecule has 0 bridgehead atoms. The van der Waals surface area contributed by atoms with Crippen molar-refractivity contribution in [2.45, 2.75) is 13.8 Å². The van der Waals surface area contributed by atoms with Crippen LogP contribution in [0.4, 0.5) is 0 Å². The zero-order valence-electron chi connectivity index (χ0n) is 18.6. The second kappa shape index (κ2) is 9.75. The average Bonchev–Trinajstić information content (AvgIpc) is 2.81. The average molecular weight is 451 g/mol. The maximum atomic E-state index is 13.6. The largest absolute Gasteiger partial charge is 0.496 e. The molecule has 0 heterocycles. The fraction of sp³-hybridized carbons (Fsp3) is 0.200. The standard InChI is InChI=1S/C25H24O6P/c1-15-10-9-11-16(2)20(15)25(27)32(28)24-19(30-4)14-18(29-3)21(23(24)31-5)22(26)17-12-7-6-8-13-17/h6-14H,1-5H3/q+1. The molecule has 164 valence electrons. The molecule has 0 aliphatic carbocycles. The minimum atomic E-state index is -2.67. The van der Waals surface area contributed by atoms with Gasteiger partial charge in [0.2, 0.25) is 5.78 Å². The van der Waals surface area contributed by atoms with E-state index in [0.29, 0.717) is 22.3 Å². The van der Waals surface area contributed by atoms with Crippen molar-refractivity contribution in [3.05, 3.63) is 82.4 Å². The van der Waals surface area contributed by atoms with E-state index in [2.05, 4.69) is 0 Å². The highest BCUT2D eigenvalue weighted by atomic mass is 31.1. The first-order valence-corrected chi connectivity index (χ1v) is 11.1. The van der Waals surface area contributed by atoms with Gasteiger partial charge in [-0.15, -0.1) is 0 Å². The number of ketones is 1. The van der Waals surface area contributed by atoms with E-state index in [-0.39, 0.29) is 33.9 Å². The van der Waals surface area contributed by atoms with Gasteiger partial charge in [0.05, 0.1) is 26.9 Å². The second-order valence-electron chi connectivity index (χ2n) is 7.10. The van der Waals surface area contributed by atoms with Gasteiger partial charge >= 0.3 is 13.3 Å². The van der Waals surface area contributed by atoms with Crippen LogP contribution in [0.2, 0.25) is 0 Å². The Hall–Kier alpha value is -3.50. The molecular formula is C25H24O6P+. The Kier molecular flexibility index (Phi) is 7.06. The highest BCUT2D eigenvalue weighted by Crippen LogP contribution is 2.42. The Morgan fingerprint density at radius 1 is 0.750 bits per heavy atom. The van der Waals surface area contributed by atoms with Gasteiger partial charge in [-0.2, -0.15) is 0 Å². The van der Waals surface area contributed by atoms with Crippen molar-refractivity contribution in [2.75, 3.05) is 21.3 Å². The van der Waals surface area contributed by atoms with Gasteiger partial charge in [0.25, 0.3) is 5.30 Å². The van der Waals surface area contributed by atoms with Gasteiger partial charge in [-0.3, -0.25) is 4.79 Å². The predicted octanol–water partition coefficient (Wildman–Crippen LogP) is 4.85. The Morgan fingerprint density at radius 3 is 1.88 bits per heavy atom. The molecule has 3 aromatic carbocycles. The zero-order chi connectivity index (χ0) is 23.4. The Morgan fingerprint density at radius 2 is 1.34 bits per heavy atom. The smallest absolute Gasteiger partial charge is 0.466 e. The van der Waals surface area contributed by atoms with Gasteiger partial charge in [-0.1, -0.05) is 53.1 Å². The molecule has 0 spiro atoms. The van der Waals surface area contributed by atoms with E-state index in [1.165, 1.54) is 27.4 Å². The van der Waals surface area contributed by atoms with E-state index >= 15 is 0 Å². The Bertz CT molecular complexity index is 1180. The molecule has 6 nitrogen and oxygen atoms in total. The van der Waals surface area contributed by atoms with Crippen molar-refractivity contribution < 1.29 is 28.4 Å². The summed E-state index contributed by atoms with van der Waals surface area (Å²) in [6.07, 6.45) is 0. The normalized spacial score (nSPS) is 11.0. The SMILES string of the molecule is COc1cc(OC)c([P+](=O)C(=O)c2c(C)cccc2C)c(OC)c1C(=O)c1ccccc1. The summed E-state index contributed by atoms with van der Waals surface area (Å²) in [4.78, 5) is 26.7. The lowest BCUT2D eigenvalue weighted by atomic mass is 10.0. The summed E-state index contributed by atoms with van der Waals surface area (Å²) < 4.78 is 30.0. The summed E-state index contributed by atoms with van der Waals surface area (Å²) in [7, 11) is 1.49. The summed E-state index contributed by atoms with van der Waals surface area (Å²) in [5.41, 5.74) is 1.72. The monoisotopic (exact) mass is 451 g/mol. The summed E-state index contributed by atoms with van der Waals surface area (Å²) in [6.45, 7) is 3.58. The third kappa shape index (κ3) is 4.14. The molecule has 0 N–H and O–H groups in total. The van der Waals surface area contributed by atoms with Crippen LogP contribution in [0.25, 0.3) is 0 Å². The van der Waals surface area contributed by atoms with E-state index in [0.717, 1.165) is 0 Å². The first kappa shape index (κ1) is 23.2. The predicted molar refractivity (Wildman–Crippen MR) is 123 cm³/mol. The minimum Gasteiger partial charge on any atom is -0.496 e. The number of carbonyl (C=O) groups is 2. The summed E-state index contributed by atoms with van der Waals surface area (Å²) in [5, 5.41) is 0.0257. The van der Waals surface area contributed by atoms with E-state index in [1.54, 1.807) is 56.3 Å². The molecule has 0 radical (unpaired) electrons. The van der Waals surface area contributed by atoms with Crippen molar-refractivity contribution in [3.63, 3.8) is 0 Å². The maximum Gasteiger partial charge on any atom is 0.466 e. The van der Waals surface area contributed by atoms with Gasteiger partial charge in [0, 0.05) is 11.6 Å². The molecule has 0 aliphatic heterocycles. The van der Waals surface area contributed by atoms with Crippen LogP contribution in [-0.2, 0) is 4.57 Å². The molecule has 3 rings (SSSR count). The van der Waals surface area contributed by atoms with Crippen LogP contribution in [0, 0.1) is 13.8 Å². The van der Waals surface area contributed by atoms with Crippen molar-refractivity contribution in [1.29, 1.82) is 0 Å². The van der Waals surface area contributed by atoms with Gasteiger partial charge in [0.1, 0.15) is 11.3 Å². The summed E-state index contributed by atoms with van der Waals surface area (Å²) in [6, 6.07) is 15.5. The van der Waals surface area contributed by atoms with Crippen molar-refractivity contribution in [3.8, 4) is 17.2 Å². The fourth-order valence-corrected chi connectivity index (χ4v) is 5.12. The second-order valence-corrected chi connectivity index (χ2v) is 8.54. The Balaban J connectivity index is 2.26. The molecule has 32 heavy (non-hydrogen) atoms. The topological polar surface area (TPSA) is 78.9 Å². The van der Waals surface area contributed by atoms with E-state index in [4.69, 9.17) is 14.2 Å². The molecule has 0 fully saturated rings. The molecule has 0 amide bonds. The van der Waals surface area contributed by atoms with Crippen LogP contribution in [0.1, 0.15) is 37.4 Å². The summed E-state index contributed by atoms with van der Waals surface area (Å²) in [5.74, 6) is -0.0508. The lowest BCUT2D eigenvalue weighted by molar-refractivity contribution is 0.103. The lowest BCUT2D eigenvalue weighted by Crippen LogP contribution is -2.17. The minimum absolute atomic E-state index is 0.00393. The molecule has 0 saturated carbocycles. The van der Waals surface area contributed by atoms with Gasteiger partial charge in [-0.25, -0.2) is 4.79 Å². The lowest BCUT2D eigenvalue weighted by Gasteiger charge is -2.15. The third-order valence-electron chi connectivity index (χ3n) is 5.17. The number of carbonyl (C=O) groups excluding carboxylic acids is 2. The molecule has 1 atom stereocenters. The van der Waals surface area contributed by atoms with Gasteiger partial charge in [-0.05, 0) is 25.0 Å². The van der Waals surface area contributed by atoms with Crippen molar-refractivity contribution in [2.24, 2.45) is 0 Å². The maximum absolute atomic E-state index is 13.6. The number of hydrogen-bond donors (Lipinski definition) is 0. The number of hydrogen-bond acceptors (Lipinski definition) is 6. The number of methoxy groups -OCH3 is 3. The molecule has 3 aromatic rings. The third-order valence-corrected chi connectivity index (χ3v) is 6.60. The van der Waals surface area contributed by atoms with E-state index < -0.39 is 13.3 Å². The molecule has 1 unspecified atom stereocenters. The van der Waals surface area contributed by atoms with Crippen LogP contribution in [0.5, 0.6) is 17.2 Å². The number of aryl methyl sites for hydroxylation is 2. The van der Waals surface area contributed by atoms with Gasteiger partial charge in [0.15, 0.2) is 11.5 Å². The van der Waals surface area contributed by atoms with E-state index in [1.807, 2.05) is 6.07 Å². The fourth-order valence-electron chi connectivity index (χ4n) is 3.61. The first-order chi connectivity index (χ1) is 15.3. The summed E-state index contributed by atoms with van der Waals surface area (Å²) >= 11 is 0. The molecular weight excluding hydrogens is 427 g/mol. The van der Waals surface area contributed by atoms with Crippen LogP contribution in [0.15, 0.2) is 54.6 Å². The molecule has 7 heteroatoms. The number of benzene rings is 3. The zero-order valence-corrected chi connectivity index (χ0v) is 19.5. The number of rotatable bonds is 8. The van der Waals surface area contributed by atoms with Crippen LogP contribution in [0.3, 0.4) is 0 Å². The highest BCUT2D eigenvalue weighted by Gasteiger charge is 2.43. The number of ether oxygens (including phenoxy) is 3. The first-order valence-electron chi connectivity index (χ1n) is 9.86. The molecule has 0 aromatic heterocycles. The highest BCUT2D eigenvalue weighted by molar-refractivity contribution is 7.72. The quantitative estimate of drug-likeness (QED) is 0.360. The van der Waals surface area contributed by atoms with Crippen molar-refractivity contribution >= 4 is 24.4 Å². The van der Waals surface area contributed by atoms with Gasteiger partial charge < -0.3 is 14.2 Å². The van der Waals surface area contributed by atoms with Crippen LogP contribution >= 0.6 is 7.80 Å². The van der Waals surface area contributed by atoms with Crippen molar-refractivity contribution in [1.82, 2.24) is 0 Å². The molecule has 0 aliphatic rings. The molecule has 0 saturated heterocycles. The Labute approximate surface area is 187 Å². The van der Waals surface area contributed by atoms with Crippen LogP contribution < -0.4 is 19.5 Å². The van der Waals surface area contributed by atoms with Crippen LogP contribution in [-0.4, -0.2) is 32.6 Å². The van der Waals surface area contributed by atoms with E-state index in [9.17, 15) is 14.2 Å².